The molecule has 0 saturated carbocycles. The number of nitrogens with zero attached hydrogens (tertiary/aromatic N) is 3. The number of primary amides is 1. The van der Waals surface area contributed by atoms with Gasteiger partial charge in [0.05, 0.1) is 11.4 Å². The molecule has 0 saturated heterocycles. The average molecular weight is 329 g/mol. The van der Waals surface area contributed by atoms with Crippen LogP contribution in [0.15, 0.2) is 30.3 Å². The molecule has 0 fully saturated rings. The molecule has 1 aromatic carbocycles. The number of nitrogens with two attached hydrogens (primary N) is 1. The maximum absolute atomic E-state index is 11.7. The molecular weight excluding hydrogens is 306 g/mol. The van der Waals surface area contributed by atoms with Crippen LogP contribution in [-0.2, 0) is 11.2 Å². The van der Waals surface area contributed by atoms with Crippen molar-refractivity contribution in [2.75, 3.05) is 20.1 Å². The van der Waals surface area contributed by atoms with Crippen molar-refractivity contribution in [3.8, 4) is 5.69 Å². The molecule has 0 aliphatic rings. The van der Waals surface area contributed by atoms with Crippen molar-refractivity contribution in [1.82, 2.24) is 20.0 Å². The fraction of sp³-hybridized carbons (Fsp3) is 0.353. The van der Waals surface area contributed by atoms with Crippen molar-refractivity contribution >= 4 is 11.9 Å². The van der Waals surface area contributed by atoms with Gasteiger partial charge in [-0.25, -0.2) is 9.48 Å². The van der Waals surface area contributed by atoms with E-state index in [1.807, 2.05) is 48.9 Å². The number of hydrogen-bond acceptors (Lipinski definition) is 3. The van der Waals surface area contributed by atoms with Crippen LogP contribution in [0, 0.1) is 13.8 Å². The predicted molar refractivity (Wildman–Crippen MR) is 92.0 cm³/mol. The highest BCUT2D eigenvalue weighted by molar-refractivity contribution is 5.82. The van der Waals surface area contributed by atoms with Crippen LogP contribution in [0.1, 0.15) is 17.0 Å². The number of carbonyl (C=O) groups excluding carboxylic acids is 2. The molecule has 0 aliphatic heterocycles. The molecular formula is C17H23N5O2. The zero-order valence-corrected chi connectivity index (χ0v) is 14.2. The molecule has 128 valence electrons. The maximum atomic E-state index is 11.7. The van der Waals surface area contributed by atoms with E-state index >= 15 is 0 Å². The lowest BCUT2D eigenvalue weighted by Gasteiger charge is -2.16. The highest BCUT2D eigenvalue weighted by Gasteiger charge is 2.10. The first kappa shape index (κ1) is 17.5. The lowest BCUT2D eigenvalue weighted by atomic mass is 10.1. The van der Waals surface area contributed by atoms with E-state index in [1.54, 1.807) is 0 Å². The topological polar surface area (TPSA) is 93.3 Å². The van der Waals surface area contributed by atoms with Gasteiger partial charge in [-0.3, -0.25) is 4.79 Å². The second kappa shape index (κ2) is 7.63. The summed E-state index contributed by atoms with van der Waals surface area (Å²) in [4.78, 5) is 23.8. The fourth-order valence-electron chi connectivity index (χ4n) is 2.45. The first-order chi connectivity index (χ1) is 11.4. The lowest BCUT2D eigenvalue weighted by molar-refractivity contribution is -0.118. The summed E-state index contributed by atoms with van der Waals surface area (Å²) in [5.41, 5.74) is 9.25. The van der Waals surface area contributed by atoms with Crippen LogP contribution in [0.25, 0.3) is 5.69 Å². The molecule has 0 spiro atoms. The largest absolute Gasteiger partial charge is 0.368 e. The number of aryl methyl sites for hydroxylation is 2. The molecule has 0 unspecified atom stereocenters. The van der Waals surface area contributed by atoms with Crippen molar-refractivity contribution < 1.29 is 9.59 Å². The van der Waals surface area contributed by atoms with E-state index in [-0.39, 0.29) is 12.6 Å². The summed E-state index contributed by atoms with van der Waals surface area (Å²) in [6.45, 7) is 4.38. The Balaban J connectivity index is 1.87. The van der Waals surface area contributed by atoms with Gasteiger partial charge in [0.25, 0.3) is 0 Å². The standard InChI is InChI=1S/C17H23N5O2/c1-12-10-13(2)22(20-12)15-6-4-14(5-7-15)8-9-19-17(24)21(3)11-16(18)23/h4-7,10H,8-9,11H2,1-3H3,(H2,18,23)(H,19,24). The summed E-state index contributed by atoms with van der Waals surface area (Å²) in [5, 5.41) is 7.21. The quantitative estimate of drug-likeness (QED) is 0.833. The second-order valence-electron chi connectivity index (χ2n) is 5.81. The van der Waals surface area contributed by atoms with E-state index in [1.165, 1.54) is 11.9 Å². The second-order valence-corrected chi connectivity index (χ2v) is 5.81. The molecule has 2 rings (SSSR count). The zero-order valence-electron chi connectivity index (χ0n) is 14.2. The maximum Gasteiger partial charge on any atom is 0.317 e. The van der Waals surface area contributed by atoms with Crippen LogP contribution < -0.4 is 11.1 Å². The molecule has 3 amide bonds. The van der Waals surface area contributed by atoms with Crippen LogP contribution >= 0.6 is 0 Å². The molecule has 24 heavy (non-hydrogen) atoms. The highest BCUT2D eigenvalue weighted by atomic mass is 16.2. The van der Waals surface area contributed by atoms with Gasteiger partial charge in [-0.2, -0.15) is 5.10 Å². The number of urea groups is 1. The first-order valence-corrected chi connectivity index (χ1v) is 7.76. The Kier molecular flexibility index (Phi) is 5.57. The Hall–Kier alpha value is -2.83. The number of amides is 3. The van der Waals surface area contributed by atoms with Gasteiger partial charge < -0.3 is 16.0 Å². The van der Waals surface area contributed by atoms with Gasteiger partial charge in [0.2, 0.25) is 5.91 Å². The summed E-state index contributed by atoms with van der Waals surface area (Å²) in [6, 6.07) is 9.78. The van der Waals surface area contributed by atoms with Crippen LogP contribution in [-0.4, -0.2) is 46.8 Å². The van der Waals surface area contributed by atoms with Crippen LogP contribution in [0.3, 0.4) is 0 Å². The summed E-state index contributed by atoms with van der Waals surface area (Å²) < 4.78 is 1.90. The number of aromatic nitrogens is 2. The Labute approximate surface area is 141 Å². The van der Waals surface area contributed by atoms with E-state index in [9.17, 15) is 9.59 Å². The Bertz CT molecular complexity index is 721. The molecule has 1 aromatic heterocycles. The van der Waals surface area contributed by atoms with E-state index in [0.29, 0.717) is 13.0 Å². The zero-order chi connectivity index (χ0) is 17.7. The third-order valence-corrected chi connectivity index (χ3v) is 3.62. The smallest absolute Gasteiger partial charge is 0.317 e. The normalized spacial score (nSPS) is 10.5. The number of carbonyl (C=O) groups is 2. The van der Waals surface area contributed by atoms with Gasteiger partial charge in [0.15, 0.2) is 0 Å². The molecule has 0 radical (unpaired) electrons. The lowest BCUT2D eigenvalue weighted by Crippen LogP contribution is -2.42. The van der Waals surface area contributed by atoms with Crippen molar-refractivity contribution in [2.45, 2.75) is 20.3 Å². The van der Waals surface area contributed by atoms with Gasteiger partial charge in [-0.1, -0.05) is 12.1 Å². The van der Waals surface area contributed by atoms with Gasteiger partial charge >= 0.3 is 6.03 Å². The van der Waals surface area contributed by atoms with Crippen molar-refractivity contribution in [3.05, 3.63) is 47.3 Å². The summed E-state index contributed by atoms with van der Waals surface area (Å²) >= 11 is 0. The van der Waals surface area contributed by atoms with Gasteiger partial charge in [0, 0.05) is 19.3 Å². The van der Waals surface area contributed by atoms with Gasteiger partial charge in [-0.15, -0.1) is 0 Å². The average Bonchev–Trinajstić information content (AvgIpc) is 2.85. The molecule has 2 aromatic rings. The minimum absolute atomic E-state index is 0.0941. The number of rotatable bonds is 6. The molecule has 1 heterocycles. The van der Waals surface area contributed by atoms with E-state index in [2.05, 4.69) is 10.4 Å². The fourth-order valence-corrected chi connectivity index (χ4v) is 2.45. The molecule has 7 heteroatoms. The third-order valence-electron chi connectivity index (χ3n) is 3.62. The number of benzene rings is 1. The molecule has 7 nitrogen and oxygen atoms in total. The SMILES string of the molecule is Cc1cc(C)n(-c2ccc(CCNC(=O)N(C)CC(N)=O)cc2)n1. The van der Waals surface area contributed by atoms with Crippen LogP contribution in [0.2, 0.25) is 0 Å². The minimum atomic E-state index is -0.535. The molecule has 0 bridgehead atoms. The van der Waals surface area contributed by atoms with E-state index in [0.717, 1.165) is 22.6 Å². The van der Waals surface area contributed by atoms with Gasteiger partial charge in [-0.05, 0) is 44.0 Å². The monoisotopic (exact) mass is 329 g/mol. The van der Waals surface area contributed by atoms with Gasteiger partial charge in [0.1, 0.15) is 6.54 Å². The van der Waals surface area contributed by atoms with Crippen molar-refractivity contribution in [2.24, 2.45) is 5.73 Å². The number of hydrogen-bond donors (Lipinski definition) is 2. The molecule has 3 N–H and O–H groups in total. The Morgan fingerprint density at radius 1 is 1.25 bits per heavy atom. The predicted octanol–water partition coefficient (Wildman–Crippen LogP) is 1.16. The van der Waals surface area contributed by atoms with Crippen molar-refractivity contribution in [1.29, 1.82) is 0 Å². The highest BCUT2D eigenvalue weighted by Crippen LogP contribution is 2.13. The number of likely N-dealkylation sites (N-methyl/N-ethyl adjacent to an activating group) is 1. The number of nitrogens with one attached hydrogen (secondary N) is 1. The van der Waals surface area contributed by atoms with Crippen LogP contribution in [0.5, 0.6) is 0 Å². The summed E-state index contributed by atoms with van der Waals surface area (Å²) in [7, 11) is 1.53. The summed E-state index contributed by atoms with van der Waals surface area (Å²) in [5.74, 6) is -0.535. The summed E-state index contributed by atoms with van der Waals surface area (Å²) in [6.07, 6.45) is 0.702. The Morgan fingerprint density at radius 3 is 2.46 bits per heavy atom. The molecule has 0 atom stereocenters. The first-order valence-electron chi connectivity index (χ1n) is 7.76. The minimum Gasteiger partial charge on any atom is -0.368 e. The van der Waals surface area contributed by atoms with E-state index < -0.39 is 5.91 Å². The van der Waals surface area contributed by atoms with Crippen LogP contribution in [0.4, 0.5) is 4.79 Å². The van der Waals surface area contributed by atoms with Crippen molar-refractivity contribution in [3.63, 3.8) is 0 Å². The third kappa shape index (κ3) is 4.58. The van der Waals surface area contributed by atoms with E-state index in [4.69, 9.17) is 5.73 Å². The molecule has 0 aliphatic carbocycles. The Morgan fingerprint density at radius 2 is 1.92 bits per heavy atom.